The highest BCUT2D eigenvalue weighted by atomic mass is 32.1. The first-order valence-electron chi connectivity index (χ1n) is 11.4. The quantitative estimate of drug-likeness (QED) is 0.301. The summed E-state index contributed by atoms with van der Waals surface area (Å²) in [5.41, 5.74) is 6.66. The maximum atomic E-state index is 12.2. The second kappa shape index (κ2) is 9.35. The van der Waals surface area contributed by atoms with Gasteiger partial charge in [-0.25, -0.2) is 4.79 Å². The van der Waals surface area contributed by atoms with Gasteiger partial charge in [0.15, 0.2) is 5.11 Å². The van der Waals surface area contributed by atoms with Gasteiger partial charge in [-0.05, 0) is 91.8 Å². The molecule has 2 aromatic heterocycles. The molecule has 1 aliphatic rings. The molecule has 1 N–H and O–H groups in total. The molecule has 3 heterocycles. The van der Waals surface area contributed by atoms with E-state index in [0.29, 0.717) is 10.7 Å². The lowest BCUT2D eigenvalue weighted by Gasteiger charge is -2.29. The van der Waals surface area contributed by atoms with Crippen molar-refractivity contribution in [3.63, 3.8) is 0 Å². The number of pyridine rings is 1. The molecular formula is C28H26N4O2S. The van der Waals surface area contributed by atoms with Gasteiger partial charge in [0, 0.05) is 29.5 Å². The standard InChI is InChI=1S/C28H26N4O2S/c1-18-14-19(2)16-22(15-18)32-26(25(30-28(32)35)23-10-4-5-12-29-23)24-11-7-13-31(24)21-9-6-8-20(17-21)27(33)34-3/h4-17,25-26H,1-3H3,(H,30,35). The first-order chi connectivity index (χ1) is 17.0. The summed E-state index contributed by atoms with van der Waals surface area (Å²) in [7, 11) is 1.39. The van der Waals surface area contributed by atoms with E-state index < -0.39 is 0 Å². The van der Waals surface area contributed by atoms with Crippen molar-refractivity contribution >= 4 is 29.0 Å². The second-order valence-electron chi connectivity index (χ2n) is 8.69. The van der Waals surface area contributed by atoms with Crippen molar-refractivity contribution in [3.05, 3.63) is 113 Å². The smallest absolute Gasteiger partial charge is 0.337 e. The van der Waals surface area contributed by atoms with Crippen LogP contribution in [0.5, 0.6) is 0 Å². The molecule has 2 atom stereocenters. The number of nitrogens with zero attached hydrogens (tertiary/aromatic N) is 3. The number of methoxy groups -OCH3 is 1. The van der Waals surface area contributed by atoms with Crippen LogP contribution in [-0.2, 0) is 4.74 Å². The van der Waals surface area contributed by atoms with Gasteiger partial charge in [-0.15, -0.1) is 0 Å². The molecular weight excluding hydrogens is 456 g/mol. The van der Waals surface area contributed by atoms with Crippen molar-refractivity contribution in [2.24, 2.45) is 0 Å². The number of carbonyl (C=O) groups excluding carboxylic acids is 1. The molecule has 176 valence electrons. The fourth-order valence-corrected chi connectivity index (χ4v) is 5.14. The van der Waals surface area contributed by atoms with E-state index in [2.05, 4.69) is 57.9 Å². The summed E-state index contributed by atoms with van der Waals surface area (Å²) in [6.45, 7) is 4.19. The lowest BCUT2D eigenvalue weighted by Crippen LogP contribution is -2.30. The van der Waals surface area contributed by atoms with Crippen LogP contribution in [0, 0.1) is 13.8 Å². The number of carbonyl (C=O) groups is 1. The molecule has 0 bridgehead atoms. The predicted octanol–water partition coefficient (Wildman–Crippen LogP) is 5.45. The van der Waals surface area contributed by atoms with Gasteiger partial charge in [0.05, 0.1) is 24.4 Å². The largest absolute Gasteiger partial charge is 0.465 e. The average Bonchev–Trinajstić information content (AvgIpc) is 3.47. The molecule has 0 aliphatic carbocycles. The molecule has 0 amide bonds. The average molecular weight is 483 g/mol. The summed E-state index contributed by atoms with van der Waals surface area (Å²) in [6.07, 6.45) is 3.80. The molecule has 2 unspecified atom stereocenters. The van der Waals surface area contributed by atoms with Crippen LogP contribution in [0.1, 0.15) is 45.0 Å². The lowest BCUT2D eigenvalue weighted by atomic mass is 10.00. The number of rotatable bonds is 5. The highest BCUT2D eigenvalue weighted by Crippen LogP contribution is 2.42. The Morgan fingerprint density at radius 1 is 0.971 bits per heavy atom. The second-order valence-corrected chi connectivity index (χ2v) is 9.07. The van der Waals surface area contributed by atoms with E-state index >= 15 is 0 Å². The van der Waals surface area contributed by atoms with Crippen LogP contribution in [0.25, 0.3) is 5.69 Å². The van der Waals surface area contributed by atoms with Crippen LogP contribution in [0.15, 0.2) is 85.2 Å². The summed E-state index contributed by atoms with van der Waals surface area (Å²) in [4.78, 5) is 19.0. The van der Waals surface area contributed by atoms with Crippen LogP contribution >= 0.6 is 12.2 Å². The predicted molar refractivity (Wildman–Crippen MR) is 141 cm³/mol. The molecule has 6 nitrogen and oxygen atoms in total. The number of anilines is 1. The lowest BCUT2D eigenvalue weighted by molar-refractivity contribution is 0.0600. The summed E-state index contributed by atoms with van der Waals surface area (Å²) in [5.74, 6) is -0.368. The first kappa shape index (κ1) is 22.8. The van der Waals surface area contributed by atoms with Crippen LogP contribution in [0.4, 0.5) is 5.69 Å². The number of aryl methyl sites for hydroxylation is 2. The zero-order valence-corrected chi connectivity index (χ0v) is 20.6. The van der Waals surface area contributed by atoms with Crippen molar-refractivity contribution < 1.29 is 9.53 Å². The summed E-state index contributed by atoms with van der Waals surface area (Å²) in [5, 5.41) is 4.17. The van der Waals surface area contributed by atoms with E-state index in [9.17, 15) is 4.79 Å². The number of hydrogen-bond acceptors (Lipinski definition) is 4. The Balaban J connectivity index is 1.67. The third-order valence-corrected chi connectivity index (χ3v) is 6.53. The molecule has 2 aromatic carbocycles. The van der Waals surface area contributed by atoms with E-state index in [-0.39, 0.29) is 18.1 Å². The minimum absolute atomic E-state index is 0.165. The molecule has 35 heavy (non-hydrogen) atoms. The summed E-state index contributed by atoms with van der Waals surface area (Å²) >= 11 is 5.88. The number of esters is 1. The van der Waals surface area contributed by atoms with Gasteiger partial charge in [-0.3, -0.25) is 4.98 Å². The molecule has 0 saturated carbocycles. The zero-order chi connectivity index (χ0) is 24.5. The van der Waals surface area contributed by atoms with Crippen molar-refractivity contribution in [3.8, 4) is 5.69 Å². The Morgan fingerprint density at radius 3 is 2.49 bits per heavy atom. The molecule has 1 fully saturated rings. The third kappa shape index (κ3) is 4.31. The maximum absolute atomic E-state index is 12.2. The molecule has 5 rings (SSSR count). The van der Waals surface area contributed by atoms with Crippen LogP contribution in [0.2, 0.25) is 0 Å². The van der Waals surface area contributed by atoms with Crippen LogP contribution < -0.4 is 10.2 Å². The SMILES string of the molecule is COC(=O)c1cccc(-n2cccc2C2C(c3ccccn3)NC(=S)N2c2cc(C)cc(C)c2)c1. The van der Waals surface area contributed by atoms with Crippen molar-refractivity contribution in [1.82, 2.24) is 14.9 Å². The van der Waals surface area contributed by atoms with Crippen LogP contribution in [0.3, 0.4) is 0 Å². The highest BCUT2D eigenvalue weighted by Gasteiger charge is 2.42. The van der Waals surface area contributed by atoms with E-state index in [1.54, 1.807) is 12.3 Å². The van der Waals surface area contributed by atoms with Crippen molar-refractivity contribution in [2.75, 3.05) is 12.0 Å². The van der Waals surface area contributed by atoms with Crippen molar-refractivity contribution in [2.45, 2.75) is 25.9 Å². The molecule has 0 radical (unpaired) electrons. The van der Waals surface area contributed by atoms with Gasteiger partial charge in [0.2, 0.25) is 0 Å². The monoisotopic (exact) mass is 482 g/mol. The molecule has 4 aromatic rings. The molecule has 1 aliphatic heterocycles. The normalized spacial score (nSPS) is 17.3. The van der Waals surface area contributed by atoms with Gasteiger partial charge in [0.25, 0.3) is 0 Å². The number of thiocarbonyl (C=S) groups is 1. The minimum atomic E-state index is -0.368. The third-order valence-electron chi connectivity index (χ3n) is 6.21. The van der Waals surface area contributed by atoms with Gasteiger partial charge in [0.1, 0.15) is 6.04 Å². The zero-order valence-electron chi connectivity index (χ0n) is 19.8. The fraction of sp³-hybridized carbons (Fsp3) is 0.179. The molecule has 7 heteroatoms. The van der Waals surface area contributed by atoms with E-state index in [0.717, 1.165) is 22.8 Å². The van der Waals surface area contributed by atoms with Gasteiger partial charge >= 0.3 is 5.97 Å². The van der Waals surface area contributed by atoms with Gasteiger partial charge in [-0.2, -0.15) is 0 Å². The molecule has 0 spiro atoms. The number of nitrogens with one attached hydrogen (secondary N) is 1. The molecule has 1 saturated heterocycles. The first-order valence-corrected chi connectivity index (χ1v) is 11.8. The number of ether oxygens (including phenoxy) is 1. The number of benzene rings is 2. The summed E-state index contributed by atoms with van der Waals surface area (Å²) < 4.78 is 7.03. The minimum Gasteiger partial charge on any atom is -0.465 e. The van der Waals surface area contributed by atoms with E-state index in [1.165, 1.54) is 18.2 Å². The number of hydrogen-bond donors (Lipinski definition) is 1. The van der Waals surface area contributed by atoms with E-state index in [4.69, 9.17) is 17.0 Å². The van der Waals surface area contributed by atoms with Gasteiger partial charge in [-0.1, -0.05) is 18.2 Å². The fourth-order valence-electron chi connectivity index (χ4n) is 4.79. The van der Waals surface area contributed by atoms with E-state index in [1.807, 2.05) is 48.7 Å². The van der Waals surface area contributed by atoms with Gasteiger partial charge < -0.3 is 19.5 Å². The Labute approximate surface area is 210 Å². The Morgan fingerprint density at radius 2 is 1.77 bits per heavy atom. The van der Waals surface area contributed by atoms with Crippen LogP contribution in [-0.4, -0.2) is 27.7 Å². The maximum Gasteiger partial charge on any atom is 0.337 e. The number of aromatic nitrogens is 2. The Bertz CT molecular complexity index is 1380. The Kier molecular flexibility index (Phi) is 6.09. The highest BCUT2D eigenvalue weighted by molar-refractivity contribution is 7.80. The summed E-state index contributed by atoms with van der Waals surface area (Å²) in [6, 6.07) is 23.6. The van der Waals surface area contributed by atoms with Crippen molar-refractivity contribution in [1.29, 1.82) is 0 Å². The topological polar surface area (TPSA) is 59.4 Å². The Hall–Kier alpha value is -3.97.